The van der Waals surface area contributed by atoms with E-state index in [0.717, 1.165) is 34.1 Å². The minimum absolute atomic E-state index is 0.106. The zero-order valence-corrected chi connectivity index (χ0v) is 22.2. The van der Waals surface area contributed by atoms with Crippen LogP contribution in [0, 0.1) is 12.8 Å². The van der Waals surface area contributed by atoms with E-state index in [9.17, 15) is 9.90 Å². The molecule has 1 aliphatic rings. The average molecular weight is 520 g/mol. The van der Waals surface area contributed by atoms with Crippen LogP contribution in [0.4, 0.5) is 0 Å². The van der Waals surface area contributed by atoms with E-state index in [4.69, 9.17) is 23.7 Å². The fourth-order valence-corrected chi connectivity index (χ4v) is 5.15. The number of fused-ring (bicyclic) bond motifs is 1. The predicted octanol–water partition coefficient (Wildman–Crippen LogP) is 5.97. The molecule has 1 aliphatic carbocycles. The van der Waals surface area contributed by atoms with Crippen LogP contribution < -0.4 is 9.47 Å². The van der Waals surface area contributed by atoms with Crippen LogP contribution in [-0.2, 0) is 17.8 Å². The summed E-state index contributed by atoms with van der Waals surface area (Å²) in [7, 11) is 1.62. The topological polar surface area (TPSA) is 109 Å². The Morgan fingerprint density at radius 2 is 1.87 bits per heavy atom. The van der Waals surface area contributed by atoms with Gasteiger partial charge in [0.15, 0.2) is 0 Å². The van der Waals surface area contributed by atoms with E-state index in [1.807, 2.05) is 31.5 Å². The Hall–Kier alpha value is -3.85. The fraction of sp³-hybridized carbons (Fsp3) is 0.414. The van der Waals surface area contributed by atoms with Gasteiger partial charge >= 0.3 is 5.97 Å². The third-order valence-electron chi connectivity index (χ3n) is 7.08. The Labute approximate surface area is 221 Å². The van der Waals surface area contributed by atoms with E-state index in [0.29, 0.717) is 54.4 Å². The Morgan fingerprint density at radius 3 is 2.45 bits per heavy atom. The number of aromatic nitrogens is 3. The van der Waals surface area contributed by atoms with Crippen molar-refractivity contribution in [2.45, 2.75) is 53.1 Å². The number of hydrogen-bond donors (Lipinski definition) is 1. The predicted molar refractivity (Wildman–Crippen MR) is 142 cm³/mol. The Balaban J connectivity index is 1.77. The number of aryl methyl sites for hydroxylation is 1. The molecule has 5 rings (SSSR count). The van der Waals surface area contributed by atoms with Gasteiger partial charge < -0.3 is 28.4 Å². The number of aromatic carboxylic acids is 1. The van der Waals surface area contributed by atoms with Gasteiger partial charge in [0.1, 0.15) is 28.6 Å². The second-order valence-corrected chi connectivity index (χ2v) is 9.60. The maximum absolute atomic E-state index is 11.9. The van der Waals surface area contributed by atoms with Crippen molar-refractivity contribution in [3.05, 3.63) is 53.2 Å². The molecule has 4 aromatic rings. The number of carboxylic acids is 1. The minimum Gasteiger partial charge on any atom is -0.492 e. The number of benzene rings is 1. The summed E-state index contributed by atoms with van der Waals surface area (Å²) in [5, 5.41) is 13.9. The summed E-state index contributed by atoms with van der Waals surface area (Å²) >= 11 is 0. The van der Waals surface area contributed by atoms with Crippen molar-refractivity contribution in [3.63, 3.8) is 0 Å². The van der Waals surface area contributed by atoms with Gasteiger partial charge in [-0.15, -0.1) is 0 Å². The van der Waals surface area contributed by atoms with Gasteiger partial charge in [-0.3, -0.25) is 4.98 Å². The van der Waals surface area contributed by atoms with Gasteiger partial charge in [-0.2, -0.15) is 0 Å². The lowest BCUT2D eigenvalue weighted by Gasteiger charge is -2.24. The zero-order chi connectivity index (χ0) is 26.8. The van der Waals surface area contributed by atoms with Gasteiger partial charge in [0.25, 0.3) is 0 Å². The lowest BCUT2D eigenvalue weighted by molar-refractivity contribution is 0.0695. The minimum atomic E-state index is -1.04. The van der Waals surface area contributed by atoms with Gasteiger partial charge in [-0.1, -0.05) is 24.4 Å². The Kier molecular flexibility index (Phi) is 7.37. The summed E-state index contributed by atoms with van der Waals surface area (Å²) in [6.07, 6.45) is 8.57. The molecule has 0 aliphatic heterocycles. The molecule has 0 spiro atoms. The molecular formula is C29H33N3O6. The van der Waals surface area contributed by atoms with Crippen molar-refractivity contribution in [3.8, 4) is 28.3 Å². The number of nitrogens with zero attached hydrogens (tertiary/aromatic N) is 3. The number of carbonyl (C=O) groups is 1. The van der Waals surface area contributed by atoms with E-state index in [-0.39, 0.29) is 5.56 Å². The first-order chi connectivity index (χ1) is 18.4. The first kappa shape index (κ1) is 25.8. The highest BCUT2D eigenvalue weighted by Crippen LogP contribution is 2.41. The molecule has 9 heteroatoms. The van der Waals surface area contributed by atoms with Gasteiger partial charge in [0.05, 0.1) is 42.0 Å². The van der Waals surface area contributed by atoms with Crippen LogP contribution in [0.15, 0.2) is 35.1 Å². The van der Waals surface area contributed by atoms with E-state index in [1.54, 1.807) is 19.2 Å². The standard InChI is InChI=1S/C29H33N3O6/c1-5-36-24-12-19(29(33)34)13-25(37-6-2)28(24)32-15-21(10-18-8-7-9-18)27-23(32)11-20(14-30-27)26-17(3)38-31-22(26)16-35-4/h11-15,18H,5-10,16H2,1-4H3,(H,33,34). The number of hydrogen-bond acceptors (Lipinski definition) is 7. The van der Waals surface area contributed by atoms with E-state index in [2.05, 4.69) is 17.4 Å². The van der Waals surface area contributed by atoms with Crippen molar-refractivity contribution in [1.29, 1.82) is 0 Å². The SMILES string of the molecule is CCOc1cc(C(=O)O)cc(OCC)c1-n1cc(CC2CCC2)c2ncc(-c3c(COC)noc3C)cc21. The number of methoxy groups -OCH3 is 1. The van der Waals surface area contributed by atoms with Crippen molar-refractivity contribution in [1.82, 2.24) is 14.7 Å². The highest BCUT2D eigenvalue weighted by Gasteiger charge is 2.26. The Bertz CT molecular complexity index is 1440. The van der Waals surface area contributed by atoms with Crippen LogP contribution in [0.5, 0.6) is 11.5 Å². The molecule has 9 nitrogen and oxygen atoms in total. The molecule has 1 N–H and O–H groups in total. The molecule has 1 saturated carbocycles. The van der Waals surface area contributed by atoms with E-state index in [1.165, 1.54) is 19.3 Å². The van der Waals surface area contributed by atoms with Gasteiger partial charge in [-0.25, -0.2) is 4.79 Å². The molecule has 0 bridgehead atoms. The normalized spacial score (nSPS) is 13.6. The van der Waals surface area contributed by atoms with Crippen LogP contribution in [-0.4, -0.2) is 46.1 Å². The second kappa shape index (κ2) is 10.9. The van der Waals surface area contributed by atoms with Crippen molar-refractivity contribution in [2.75, 3.05) is 20.3 Å². The van der Waals surface area contributed by atoms with Crippen LogP contribution in [0.2, 0.25) is 0 Å². The molecule has 0 atom stereocenters. The maximum Gasteiger partial charge on any atom is 0.335 e. The second-order valence-electron chi connectivity index (χ2n) is 9.60. The van der Waals surface area contributed by atoms with Crippen molar-refractivity contribution >= 4 is 17.0 Å². The number of carboxylic acid groups (broad SMARTS) is 1. The summed E-state index contributed by atoms with van der Waals surface area (Å²) in [6.45, 7) is 6.69. The van der Waals surface area contributed by atoms with Crippen LogP contribution >= 0.6 is 0 Å². The van der Waals surface area contributed by atoms with Gasteiger partial charge in [-0.05, 0) is 56.9 Å². The summed E-state index contributed by atoms with van der Waals surface area (Å²) in [4.78, 5) is 16.8. The summed E-state index contributed by atoms with van der Waals surface area (Å²) in [6, 6.07) is 5.18. The monoisotopic (exact) mass is 519 g/mol. The van der Waals surface area contributed by atoms with Crippen LogP contribution in [0.3, 0.4) is 0 Å². The lowest BCUT2D eigenvalue weighted by atomic mass is 9.81. The number of pyridine rings is 1. The van der Waals surface area contributed by atoms with Crippen LogP contribution in [0.1, 0.15) is 60.5 Å². The lowest BCUT2D eigenvalue weighted by Crippen LogP contribution is -2.13. The first-order valence-corrected chi connectivity index (χ1v) is 13.1. The quantitative estimate of drug-likeness (QED) is 0.258. The van der Waals surface area contributed by atoms with Crippen molar-refractivity contribution in [2.24, 2.45) is 5.92 Å². The molecule has 0 saturated heterocycles. The largest absolute Gasteiger partial charge is 0.492 e. The number of ether oxygens (including phenoxy) is 3. The number of rotatable bonds is 11. The molecule has 0 radical (unpaired) electrons. The summed E-state index contributed by atoms with van der Waals surface area (Å²) < 4.78 is 24.8. The van der Waals surface area contributed by atoms with Crippen molar-refractivity contribution < 1.29 is 28.6 Å². The molecule has 3 aromatic heterocycles. The molecule has 3 heterocycles. The average Bonchev–Trinajstić information content (AvgIpc) is 3.41. The van der Waals surface area contributed by atoms with Gasteiger partial charge in [0, 0.05) is 25.1 Å². The summed E-state index contributed by atoms with van der Waals surface area (Å²) in [5.41, 5.74) is 6.08. The smallest absolute Gasteiger partial charge is 0.335 e. The van der Waals surface area contributed by atoms with Gasteiger partial charge in [0.2, 0.25) is 0 Å². The molecular weight excluding hydrogens is 486 g/mol. The molecule has 38 heavy (non-hydrogen) atoms. The maximum atomic E-state index is 11.9. The summed E-state index contributed by atoms with van der Waals surface area (Å²) in [5.74, 6) is 1.15. The third-order valence-corrected chi connectivity index (χ3v) is 7.08. The van der Waals surface area contributed by atoms with Crippen LogP contribution in [0.25, 0.3) is 27.8 Å². The Morgan fingerprint density at radius 1 is 1.16 bits per heavy atom. The first-order valence-electron chi connectivity index (χ1n) is 13.1. The third kappa shape index (κ3) is 4.74. The fourth-order valence-electron chi connectivity index (χ4n) is 5.15. The molecule has 1 fully saturated rings. The molecule has 0 amide bonds. The van der Waals surface area contributed by atoms with E-state index < -0.39 is 5.97 Å². The highest BCUT2D eigenvalue weighted by molar-refractivity contribution is 5.91. The highest BCUT2D eigenvalue weighted by atomic mass is 16.5. The zero-order valence-electron chi connectivity index (χ0n) is 22.2. The molecule has 0 unspecified atom stereocenters. The molecule has 200 valence electrons. The van der Waals surface area contributed by atoms with E-state index >= 15 is 0 Å². The molecule has 1 aromatic carbocycles.